The number of rotatable bonds is 3. The van der Waals surface area contributed by atoms with Crippen LogP contribution in [0.1, 0.15) is 15.9 Å². The zero-order chi connectivity index (χ0) is 13.9. The highest BCUT2D eigenvalue weighted by Gasteiger charge is 2.08. The fraction of sp³-hybridized carbons (Fsp3) is 0.0667. The number of nitrogens with one attached hydrogen (secondary N) is 1. The lowest BCUT2D eigenvalue weighted by Gasteiger charge is -2.06. The van der Waals surface area contributed by atoms with Crippen LogP contribution in [0.2, 0.25) is 0 Å². The quantitative estimate of drug-likeness (QED) is 0.777. The van der Waals surface area contributed by atoms with Crippen molar-refractivity contribution in [2.75, 3.05) is 5.32 Å². The number of nitrogens with zero attached hydrogens (tertiary/aromatic N) is 1. The summed E-state index contributed by atoms with van der Waals surface area (Å²) in [5, 5.41) is 11.9. The van der Waals surface area contributed by atoms with Crippen molar-refractivity contribution in [1.29, 1.82) is 0 Å². The summed E-state index contributed by atoms with van der Waals surface area (Å²) in [5.41, 5.74) is 4.69. The zero-order valence-electron chi connectivity index (χ0n) is 10.5. The molecular weight excluding hydrogens is 272 g/mol. The van der Waals surface area contributed by atoms with Crippen LogP contribution >= 0.6 is 11.3 Å². The minimum absolute atomic E-state index is 0.0451. The summed E-state index contributed by atoms with van der Waals surface area (Å²) >= 11 is 1.51. The van der Waals surface area contributed by atoms with E-state index in [1.165, 1.54) is 11.3 Å². The second-order valence-electron chi connectivity index (χ2n) is 4.35. The molecule has 100 valence electrons. The lowest BCUT2D eigenvalue weighted by molar-refractivity contribution is 0.102. The number of aliphatic hydroxyl groups excluding tert-OH is 1. The Bertz CT molecular complexity index is 767. The number of anilines is 1. The standard InChI is InChI=1S/C15H12N2O2S/c18-8-10-2-1-3-12(6-10)17-15(19)11-4-5-13-14(7-11)20-9-16-13/h1-7,9,18H,8H2,(H,17,19). The molecular formula is C15H12N2O2S. The molecule has 1 amide bonds. The summed E-state index contributed by atoms with van der Waals surface area (Å²) in [6, 6.07) is 12.6. The van der Waals surface area contributed by atoms with Gasteiger partial charge in [0.05, 0.1) is 22.3 Å². The Morgan fingerprint density at radius 3 is 3.00 bits per heavy atom. The van der Waals surface area contributed by atoms with E-state index in [4.69, 9.17) is 5.11 Å². The number of benzene rings is 2. The van der Waals surface area contributed by atoms with Gasteiger partial charge in [-0.05, 0) is 35.9 Å². The van der Waals surface area contributed by atoms with E-state index in [1.54, 1.807) is 35.8 Å². The molecule has 5 heteroatoms. The molecule has 2 N–H and O–H groups in total. The number of aromatic nitrogens is 1. The number of hydrogen-bond acceptors (Lipinski definition) is 4. The van der Waals surface area contributed by atoms with Crippen LogP contribution in [0, 0.1) is 0 Å². The third kappa shape index (κ3) is 2.54. The number of amides is 1. The molecule has 3 aromatic rings. The van der Waals surface area contributed by atoms with E-state index in [9.17, 15) is 4.79 Å². The van der Waals surface area contributed by atoms with E-state index in [0.29, 0.717) is 11.3 Å². The average Bonchev–Trinajstić information content (AvgIpc) is 2.94. The van der Waals surface area contributed by atoms with Gasteiger partial charge in [-0.15, -0.1) is 11.3 Å². The monoisotopic (exact) mass is 284 g/mol. The van der Waals surface area contributed by atoms with E-state index < -0.39 is 0 Å². The lowest BCUT2D eigenvalue weighted by Crippen LogP contribution is -2.11. The van der Waals surface area contributed by atoms with Crippen LogP contribution < -0.4 is 5.32 Å². The molecule has 0 saturated heterocycles. The molecule has 20 heavy (non-hydrogen) atoms. The predicted molar refractivity (Wildman–Crippen MR) is 79.9 cm³/mol. The Kier molecular flexibility index (Phi) is 3.45. The Morgan fingerprint density at radius 1 is 1.25 bits per heavy atom. The first-order chi connectivity index (χ1) is 9.76. The predicted octanol–water partition coefficient (Wildman–Crippen LogP) is 3.04. The number of carbonyl (C=O) groups excluding carboxylic acids is 1. The first kappa shape index (κ1) is 12.8. The van der Waals surface area contributed by atoms with E-state index >= 15 is 0 Å². The molecule has 0 atom stereocenters. The van der Waals surface area contributed by atoms with E-state index in [2.05, 4.69) is 10.3 Å². The molecule has 0 aliphatic rings. The number of hydrogen-bond donors (Lipinski definition) is 2. The molecule has 1 heterocycles. The Balaban J connectivity index is 1.84. The number of aliphatic hydroxyl groups is 1. The highest BCUT2D eigenvalue weighted by molar-refractivity contribution is 7.16. The molecule has 2 aromatic carbocycles. The van der Waals surface area contributed by atoms with Crippen LogP contribution in [-0.4, -0.2) is 16.0 Å². The van der Waals surface area contributed by atoms with Crippen LogP contribution in [0.4, 0.5) is 5.69 Å². The van der Waals surface area contributed by atoms with Crippen molar-refractivity contribution < 1.29 is 9.90 Å². The molecule has 4 nitrogen and oxygen atoms in total. The van der Waals surface area contributed by atoms with Gasteiger partial charge in [-0.1, -0.05) is 12.1 Å². The largest absolute Gasteiger partial charge is 0.392 e. The summed E-state index contributed by atoms with van der Waals surface area (Å²) in [5.74, 6) is -0.171. The molecule has 0 bridgehead atoms. The first-order valence-corrected chi connectivity index (χ1v) is 6.98. The normalized spacial score (nSPS) is 10.7. The molecule has 0 unspecified atom stereocenters. The van der Waals surface area contributed by atoms with Gasteiger partial charge in [0.15, 0.2) is 0 Å². The molecule has 0 saturated carbocycles. The minimum Gasteiger partial charge on any atom is -0.392 e. The molecule has 0 spiro atoms. The van der Waals surface area contributed by atoms with E-state index in [-0.39, 0.29) is 12.5 Å². The summed E-state index contributed by atoms with van der Waals surface area (Å²) in [4.78, 5) is 16.4. The van der Waals surface area contributed by atoms with Crippen molar-refractivity contribution in [2.24, 2.45) is 0 Å². The van der Waals surface area contributed by atoms with Crippen LogP contribution in [0.5, 0.6) is 0 Å². The Morgan fingerprint density at radius 2 is 2.15 bits per heavy atom. The maximum atomic E-state index is 12.2. The molecule has 0 aliphatic carbocycles. The first-order valence-electron chi connectivity index (χ1n) is 6.10. The molecule has 0 radical (unpaired) electrons. The fourth-order valence-electron chi connectivity index (χ4n) is 1.95. The summed E-state index contributed by atoms with van der Waals surface area (Å²) < 4.78 is 0.988. The van der Waals surface area contributed by atoms with Gasteiger partial charge in [0.1, 0.15) is 0 Å². The van der Waals surface area contributed by atoms with Crippen molar-refractivity contribution in [2.45, 2.75) is 6.61 Å². The van der Waals surface area contributed by atoms with Crippen LogP contribution in [-0.2, 0) is 6.61 Å². The third-order valence-electron chi connectivity index (χ3n) is 2.96. The van der Waals surface area contributed by atoms with Gasteiger partial charge in [0, 0.05) is 11.3 Å². The summed E-state index contributed by atoms with van der Waals surface area (Å²) in [6.45, 7) is -0.0451. The maximum absolute atomic E-state index is 12.2. The number of carbonyl (C=O) groups is 1. The molecule has 0 fully saturated rings. The Labute approximate surface area is 119 Å². The second-order valence-corrected chi connectivity index (χ2v) is 5.23. The van der Waals surface area contributed by atoms with Crippen LogP contribution in [0.25, 0.3) is 10.2 Å². The van der Waals surface area contributed by atoms with Gasteiger partial charge < -0.3 is 10.4 Å². The molecule has 3 rings (SSSR count). The molecule has 0 aliphatic heterocycles. The van der Waals surface area contributed by atoms with Gasteiger partial charge in [0.2, 0.25) is 0 Å². The van der Waals surface area contributed by atoms with Crippen LogP contribution in [0.15, 0.2) is 48.0 Å². The topological polar surface area (TPSA) is 62.2 Å². The highest BCUT2D eigenvalue weighted by atomic mass is 32.1. The van der Waals surface area contributed by atoms with Crippen LogP contribution in [0.3, 0.4) is 0 Å². The third-order valence-corrected chi connectivity index (χ3v) is 3.75. The number of thiazole rings is 1. The highest BCUT2D eigenvalue weighted by Crippen LogP contribution is 2.20. The number of fused-ring (bicyclic) bond motifs is 1. The minimum atomic E-state index is -0.171. The van der Waals surface area contributed by atoms with E-state index in [0.717, 1.165) is 15.8 Å². The Hall–Kier alpha value is -2.24. The van der Waals surface area contributed by atoms with Crippen molar-refractivity contribution in [3.63, 3.8) is 0 Å². The summed E-state index contributed by atoms with van der Waals surface area (Å²) in [7, 11) is 0. The van der Waals surface area contributed by atoms with Crippen molar-refractivity contribution in [1.82, 2.24) is 4.98 Å². The van der Waals surface area contributed by atoms with Gasteiger partial charge in [-0.3, -0.25) is 4.79 Å². The van der Waals surface area contributed by atoms with Crippen molar-refractivity contribution in [3.8, 4) is 0 Å². The van der Waals surface area contributed by atoms with E-state index in [1.807, 2.05) is 12.1 Å². The van der Waals surface area contributed by atoms with Gasteiger partial charge in [-0.25, -0.2) is 4.98 Å². The lowest BCUT2D eigenvalue weighted by atomic mass is 10.1. The van der Waals surface area contributed by atoms with Gasteiger partial charge in [0.25, 0.3) is 5.91 Å². The van der Waals surface area contributed by atoms with Crippen molar-refractivity contribution >= 4 is 33.1 Å². The smallest absolute Gasteiger partial charge is 0.255 e. The summed E-state index contributed by atoms with van der Waals surface area (Å²) in [6.07, 6.45) is 0. The zero-order valence-corrected chi connectivity index (χ0v) is 11.4. The fourth-order valence-corrected chi connectivity index (χ4v) is 2.66. The second kappa shape index (κ2) is 5.40. The molecule has 1 aromatic heterocycles. The maximum Gasteiger partial charge on any atom is 0.255 e. The SMILES string of the molecule is O=C(Nc1cccc(CO)c1)c1ccc2ncsc2c1. The van der Waals surface area contributed by atoms with Crippen molar-refractivity contribution in [3.05, 3.63) is 59.1 Å². The van der Waals surface area contributed by atoms with Gasteiger partial charge in [-0.2, -0.15) is 0 Å². The average molecular weight is 284 g/mol. The van der Waals surface area contributed by atoms with Gasteiger partial charge >= 0.3 is 0 Å².